The summed E-state index contributed by atoms with van der Waals surface area (Å²) in [6.45, 7) is 0.0741. The summed E-state index contributed by atoms with van der Waals surface area (Å²) in [6, 6.07) is 4.13. The molecule has 100 valence electrons. The first-order valence-electron chi connectivity index (χ1n) is 5.40. The lowest BCUT2D eigenvalue weighted by atomic mass is 10.2. The molecular weight excluding hydrogens is 319 g/mol. The van der Waals surface area contributed by atoms with Gasteiger partial charge in [0.25, 0.3) is 5.56 Å². The van der Waals surface area contributed by atoms with E-state index in [1.165, 1.54) is 22.6 Å². The average Bonchev–Trinajstić information content (AvgIpc) is 2.35. The number of carbonyl (C=O) groups excluding carboxylic acids is 1. The molecule has 0 aromatic carbocycles. The summed E-state index contributed by atoms with van der Waals surface area (Å²) in [5, 5.41) is 0. The highest BCUT2D eigenvalue weighted by Crippen LogP contribution is 2.22. The zero-order valence-electron chi connectivity index (χ0n) is 9.73. The second kappa shape index (κ2) is 5.40. The molecule has 0 unspecified atom stereocenters. The van der Waals surface area contributed by atoms with Crippen molar-refractivity contribution in [2.24, 2.45) is 5.73 Å². The quantitative estimate of drug-likeness (QED) is 0.934. The fourth-order valence-electron chi connectivity index (χ4n) is 1.73. The first-order chi connectivity index (χ1) is 8.99. The first kappa shape index (κ1) is 13.5. The number of rotatable bonds is 3. The third kappa shape index (κ3) is 2.93. The fourth-order valence-corrected chi connectivity index (χ4v) is 2.36. The van der Waals surface area contributed by atoms with E-state index in [1.807, 2.05) is 0 Å². The van der Waals surface area contributed by atoms with Crippen LogP contribution in [0.25, 0.3) is 5.52 Å². The number of hydrogen-bond donors (Lipinski definition) is 1. The van der Waals surface area contributed by atoms with Crippen LogP contribution in [0.2, 0.25) is 0 Å². The van der Waals surface area contributed by atoms with Crippen molar-refractivity contribution < 1.29 is 13.9 Å². The number of carbonyl (C=O) groups is 1. The van der Waals surface area contributed by atoms with Gasteiger partial charge < -0.3 is 10.5 Å². The van der Waals surface area contributed by atoms with E-state index >= 15 is 0 Å². The summed E-state index contributed by atoms with van der Waals surface area (Å²) in [6.07, 6.45) is 0.592. The van der Waals surface area contributed by atoms with E-state index in [0.717, 1.165) is 6.20 Å². The lowest BCUT2D eigenvalue weighted by Crippen LogP contribution is -2.17. The van der Waals surface area contributed by atoms with Gasteiger partial charge in [-0.25, -0.2) is 9.18 Å². The smallest absolute Gasteiger partial charge is 0.404 e. The Bertz CT molecular complexity index is 699. The predicted octanol–water partition coefficient (Wildman–Crippen LogP) is 1.84. The third-order valence-corrected chi connectivity index (χ3v) is 3.49. The van der Waals surface area contributed by atoms with Crippen molar-refractivity contribution >= 4 is 27.5 Å². The van der Waals surface area contributed by atoms with Gasteiger partial charge in [-0.2, -0.15) is 0 Å². The number of nitrogens with zero attached hydrogens (tertiary/aromatic N) is 1. The van der Waals surface area contributed by atoms with Crippen molar-refractivity contribution in [3.8, 4) is 0 Å². The lowest BCUT2D eigenvalue weighted by Gasteiger charge is -2.09. The second-order valence-electron chi connectivity index (χ2n) is 3.84. The van der Waals surface area contributed by atoms with Crippen LogP contribution in [0.5, 0.6) is 0 Å². The summed E-state index contributed by atoms with van der Waals surface area (Å²) < 4.78 is 19.6. The number of pyridine rings is 2. The van der Waals surface area contributed by atoms with Crippen LogP contribution < -0.4 is 11.3 Å². The van der Waals surface area contributed by atoms with Gasteiger partial charge >= 0.3 is 6.09 Å². The number of fused-ring (bicyclic) bond motifs is 1. The summed E-state index contributed by atoms with van der Waals surface area (Å²) in [5.41, 5.74) is 5.71. The molecule has 7 heteroatoms. The summed E-state index contributed by atoms with van der Waals surface area (Å²) in [5.74, 6) is -0.494. The number of halogens is 2. The molecule has 19 heavy (non-hydrogen) atoms. The minimum absolute atomic E-state index is 0.0741. The highest BCUT2D eigenvalue weighted by Gasteiger charge is 2.09. The second-order valence-corrected chi connectivity index (χ2v) is 4.63. The Kier molecular flexibility index (Phi) is 3.84. The Balaban J connectivity index is 2.41. The standard InChI is InChI=1S/C12H10BrFN2O3/c13-11-7(3-4-19-12(15)18)5-10(17)16-6-8(14)1-2-9(11)16/h1-2,5-6H,3-4H2,(H2,15,18). The van der Waals surface area contributed by atoms with E-state index in [0.29, 0.717) is 22.0 Å². The normalized spacial score (nSPS) is 10.6. The van der Waals surface area contributed by atoms with Crippen molar-refractivity contribution in [2.75, 3.05) is 6.61 Å². The largest absolute Gasteiger partial charge is 0.449 e. The first-order valence-corrected chi connectivity index (χ1v) is 6.20. The van der Waals surface area contributed by atoms with Gasteiger partial charge in [0.2, 0.25) is 0 Å². The fraction of sp³-hybridized carbons (Fsp3) is 0.167. The Morgan fingerprint density at radius 1 is 1.47 bits per heavy atom. The molecule has 0 fully saturated rings. The summed E-state index contributed by atoms with van der Waals surface area (Å²) in [4.78, 5) is 22.3. The Morgan fingerprint density at radius 3 is 2.89 bits per heavy atom. The number of aromatic nitrogens is 1. The average molecular weight is 329 g/mol. The van der Waals surface area contributed by atoms with Crippen LogP contribution in [0.15, 0.2) is 33.7 Å². The highest BCUT2D eigenvalue weighted by molar-refractivity contribution is 9.10. The van der Waals surface area contributed by atoms with E-state index in [1.54, 1.807) is 0 Å². The minimum Gasteiger partial charge on any atom is -0.449 e. The number of ether oxygens (including phenoxy) is 1. The number of amides is 1. The van der Waals surface area contributed by atoms with Crippen LogP contribution in [0.3, 0.4) is 0 Å². The van der Waals surface area contributed by atoms with Crippen molar-refractivity contribution in [1.82, 2.24) is 4.40 Å². The summed E-state index contributed by atoms with van der Waals surface area (Å²) in [7, 11) is 0. The van der Waals surface area contributed by atoms with Gasteiger partial charge in [0.05, 0.1) is 12.1 Å². The van der Waals surface area contributed by atoms with E-state index in [2.05, 4.69) is 20.7 Å². The van der Waals surface area contributed by atoms with Crippen LogP contribution in [0.1, 0.15) is 5.56 Å². The molecule has 0 aliphatic heterocycles. The monoisotopic (exact) mass is 328 g/mol. The number of hydrogen-bond acceptors (Lipinski definition) is 3. The van der Waals surface area contributed by atoms with E-state index < -0.39 is 11.9 Å². The molecule has 0 saturated carbocycles. The Labute approximate surface area is 115 Å². The van der Waals surface area contributed by atoms with Gasteiger partial charge in [-0.15, -0.1) is 0 Å². The maximum atomic E-state index is 13.1. The van der Waals surface area contributed by atoms with E-state index in [9.17, 15) is 14.0 Å². The molecule has 0 spiro atoms. The van der Waals surface area contributed by atoms with Gasteiger partial charge in [0, 0.05) is 23.2 Å². The number of primary amides is 1. The molecular formula is C12H10BrFN2O3. The van der Waals surface area contributed by atoms with E-state index in [4.69, 9.17) is 5.73 Å². The van der Waals surface area contributed by atoms with Crippen LogP contribution in [-0.4, -0.2) is 17.1 Å². The summed E-state index contributed by atoms with van der Waals surface area (Å²) >= 11 is 3.35. The van der Waals surface area contributed by atoms with Crippen LogP contribution >= 0.6 is 15.9 Å². The van der Waals surface area contributed by atoms with Crippen LogP contribution in [0.4, 0.5) is 9.18 Å². The third-order valence-electron chi connectivity index (χ3n) is 2.57. The molecule has 0 bridgehead atoms. The maximum Gasteiger partial charge on any atom is 0.404 e. The highest BCUT2D eigenvalue weighted by atomic mass is 79.9. The molecule has 1 amide bonds. The molecule has 2 N–H and O–H groups in total. The molecule has 5 nitrogen and oxygen atoms in total. The molecule has 0 atom stereocenters. The van der Waals surface area contributed by atoms with Crippen LogP contribution in [0, 0.1) is 5.82 Å². The van der Waals surface area contributed by atoms with Crippen molar-refractivity contribution in [3.63, 3.8) is 0 Å². The zero-order valence-corrected chi connectivity index (χ0v) is 11.3. The molecule has 2 heterocycles. The molecule has 2 rings (SSSR count). The SMILES string of the molecule is NC(=O)OCCc1cc(=O)n2cc(F)ccc2c1Br. The molecule has 0 radical (unpaired) electrons. The Hall–Kier alpha value is -1.89. The topological polar surface area (TPSA) is 73.8 Å². The van der Waals surface area contributed by atoms with Gasteiger partial charge in [-0.1, -0.05) is 0 Å². The van der Waals surface area contributed by atoms with Crippen LogP contribution in [-0.2, 0) is 11.2 Å². The minimum atomic E-state index is -0.865. The van der Waals surface area contributed by atoms with Gasteiger partial charge in [0.15, 0.2) is 0 Å². The molecule has 2 aromatic rings. The molecule has 2 aromatic heterocycles. The van der Waals surface area contributed by atoms with Crippen molar-refractivity contribution in [2.45, 2.75) is 6.42 Å². The van der Waals surface area contributed by atoms with Gasteiger partial charge in [-0.05, 0) is 33.6 Å². The van der Waals surface area contributed by atoms with Crippen molar-refractivity contribution in [3.05, 3.63) is 50.6 Å². The predicted molar refractivity (Wildman–Crippen MR) is 70.6 cm³/mol. The van der Waals surface area contributed by atoms with Crippen molar-refractivity contribution in [1.29, 1.82) is 0 Å². The lowest BCUT2D eigenvalue weighted by molar-refractivity contribution is 0.158. The van der Waals surface area contributed by atoms with Gasteiger partial charge in [-0.3, -0.25) is 9.20 Å². The Morgan fingerprint density at radius 2 is 2.21 bits per heavy atom. The molecule has 0 aliphatic rings. The molecule has 0 aliphatic carbocycles. The zero-order chi connectivity index (χ0) is 14.0. The van der Waals surface area contributed by atoms with E-state index in [-0.39, 0.29) is 12.2 Å². The van der Waals surface area contributed by atoms with Gasteiger partial charge in [0.1, 0.15) is 5.82 Å². The molecule has 0 saturated heterocycles. The number of nitrogens with two attached hydrogens (primary N) is 1. The maximum absolute atomic E-state index is 13.1.